The highest BCUT2D eigenvalue weighted by Gasteiger charge is 2.34. The van der Waals surface area contributed by atoms with Crippen LogP contribution in [0.2, 0.25) is 0 Å². The van der Waals surface area contributed by atoms with Gasteiger partial charge in [0.1, 0.15) is 5.75 Å². The monoisotopic (exact) mass is 248 g/mol. The summed E-state index contributed by atoms with van der Waals surface area (Å²) in [6.07, 6.45) is -4.57. The molecular formula is C10H11F3N2O2. The van der Waals surface area contributed by atoms with Gasteiger partial charge in [0.2, 0.25) is 0 Å². The average Bonchev–Trinajstić information content (AvgIpc) is 2.24. The summed E-state index contributed by atoms with van der Waals surface area (Å²) in [6, 6.07) is 3.40. The maximum absolute atomic E-state index is 12.7. The molecule has 0 saturated carbocycles. The summed E-state index contributed by atoms with van der Waals surface area (Å²) in [7, 11) is 0. The summed E-state index contributed by atoms with van der Waals surface area (Å²) in [4.78, 5) is 10.5. The number of nitrogens with two attached hydrogens (primary N) is 2. The van der Waals surface area contributed by atoms with Crippen molar-refractivity contribution in [1.82, 2.24) is 0 Å². The molecule has 17 heavy (non-hydrogen) atoms. The summed E-state index contributed by atoms with van der Waals surface area (Å²) in [5, 5.41) is 0. The van der Waals surface area contributed by atoms with Gasteiger partial charge in [-0.05, 0) is 17.7 Å². The van der Waals surface area contributed by atoms with Gasteiger partial charge in [0, 0.05) is 6.54 Å². The molecule has 1 rings (SSSR count). The molecule has 7 heteroatoms. The average molecular weight is 248 g/mol. The van der Waals surface area contributed by atoms with E-state index in [0.717, 1.165) is 12.1 Å². The lowest BCUT2D eigenvalue weighted by molar-refractivity contribution is -0.139. The van der Waals surface area contributed by atoms with Gasteiger partial charge in [-0.25, -0.2) is 0 Å². The molecular weight excluding hydrogens is 237 g/mol. The van der Waals surface area contributed by atoms with E-state index in [1.165, 1.54) is 6.07 Å². The first-order valence-electron chi connectivity index (χ1n) is 4.66. The highest BCUT2D eigenvalue weighted by Crippen LogP contribution is 2.36. The highest BCUT2D eigenvalue weighted by atomic mass is 19.4. The normalized spacial score (nSPS) is 11.3. The van der Waals surface area contributed by atoms with Gasteiger partial charge in [0.05, 0.1) is 5.56 Å². The van der Waals surface area contributed by atoms with Crippen molar-refractivity contribution in [2.75, 3.05) is 6.61 Å². The van der Waals surface area contributed by atoms with E-state index in [0.29, 0.717) is 5.56 Å². The lowest BCUT2D eigenvalue weighted by Gasteiger charge is -2.14. The predicted octanol–water partition coefficient (Wildman–Crippen LogP) is 1.03. The fraction of sp³-hybridized carbons (Fsp3) is 0.300. The maximum atomic E-state index is 12.7. The quantitative estimate of drug-likeness (QED) is 0.835. The Hall–Kier alpha value is -1.76. The van der Waals surface area contributed by atoms with E-state index in [1.807, 2.05) is 0 Å². The van der Waals surface area contributed by atoms with Crippen molar-refractivity contribution >= 4 is 5.91 Å². The number of ether oxygens (including phenoxy) is 1. The Morgan fingerprint density at radius 3 is 2.47 bits per heavy atom. The highest BCUT2D eigenvalue weighted by molar-refractivity contribution is 5.75. The minimum Gasteiger partial charge on any atom is -0.483 e. The van der Waals surface area contributed by atoms with Crippen LogP contribution < -0.4 is 16.2 Å². The molecule has 0 unspecified atom stereocenters. The van der Waals surface area contributed by atoms with Crippen LogP contribution in [0.25, 0.3) is 0 Å². The number of halogens is 3. The van der Waals surface area contributed by atoms with Gasteiger partial charge in [0.15, 0.2) is 6.61 Å². The van der Waals surface area contributed by atoms with Crippen molar-refractivity contribution < 1.29 is 22.7 Å². The first-order chi connectivity index (χ1) is 7.84. The largest absolute Gasteiger partial charge is 0.483 e. The standard InChI is InChI=1S/C10H11F3N2O2/c11-10(12,13)7-3-6(4-14)1-2-8(7)17-5-9(15)16/h1-3H,4-5,14H2,(H2,15,16). The summed E-state index contributed by atoms with van der Waals surface area (Å²) < 4.78 is 42.6. The second-order valence-corrected chi connectivity index (χ2v) is 3.29. The minimum atomic E-state index is -4.57. The van der Waals surface area contributed by atoms with Crippen molar-refractivity contribution in [1.29, 1.82) is 0 Å². The number of hydrogen-bond donors (Lipinski definition) is 2. The third kappa shape index (κ3) is 3.63. The van der Waals surface area contributed by atoms with E-state index in [4.69, 9.17) is 11.5 Å². The molecule has 0 aliphatic carbocycles. The molecule has 0 fully saturated rings. The van der Waals surface area contributed by atoms with E-state index < -0.39 is 30.0 Å². The summed E-state index contributed by atoms with van der Waals surface area (Å²) in [5.41, 5.74) is 9.39. The second-order valence-electron chi connectivity index (χ2n) is 3.29. The SMILES string of the molecule is NCc1ccc(OCC(N)=O)c(C(F)(F)F)c1. The molecule has 1 aromatic carbocycles. The number of hydrogen-bond acceptors (Lipinski definition) is 3. The number of primary amides is 1. The van der Waals surface area contributed by atoms with Crippen molar-refractivity contribution in [3.63, 3.8) is 0 Å². The summed E-state index contributed by atoms with van der Waals surface area (Å²) in [5.74, 6) is -1.28. The van der Waals surface area contributed by atoms with Crippen molar-refractivity contribution in [2.45, 2.75) is 12.7 Å². The Morgan fingerprint density at radius 1 is 1.35 bits per heavy atom. The van der Waals surface area contributed by atoms with Crippen LogP contribution in [0, 0.1) is 0 Å². The van der Waals surface area contributed by atoms with Crippen LogP contribution >= 0.6 is 0 Å². The van der Waals surface area contributed by atoms with E-state index in [9.17, 15) is 18.0 Å². The Kier molecular flexibility index (Phi) is 3.95. The lowest BCUT2D eigenvalue weighted by Crippen LogP contribution is -2.21. The molecule has 1 amide bonds. The fourth-order valence-corrected chi connectivity index (χ4v) is 1.20. The third-order valence-electron chi connectivity index (χ3n) is 1.96. The molecule has 0 bridgehead atoms. The number of carbonyl (C=O) groups is 1. The number of benzene rings is 1. The number of amides is 1. The molecule has 0 heterocycles. The number of rotatable bonds is 4. The molecule has 94 valence electrons. The van der Waals surface area contributed by atoms with Crippen LogP contribution in [-0.2, 0) is 17.5 Å². The first kappa shape index (κ1) is 13.3. The number of alkyl halides is 3. The molecule has 1 aromatic rings. The van der Waals surface area contributed by atoms with Crippen LogP contribution in [0.5, 0.6) is 5.75 Å². The molecule has 0 spiro atoms. The summed E-state index contributed by atoms with van der Waals surface area (Å²) >= 11 is 0. The smallest absolute Gasteiger partial charge is 0.419 e. The second kappa shape index (κ2) is 5.05. The van der Waals surface area contributed by atoms with Crippen LogP contribution in [-0.4, -0.2) is 12.5 Å². The van der Waals surface area contributed by atoms with Crippen LogP contribution in [0.4, 0.5) is 13.2 Å². The molecule has 0 aliphatic rings. The Balaban J connectivity index is 3.07. The van der Waals surface area contributed by atoms with Crippen molar-refractivity contribution in [3.8, 4) is 5.75 Å². The third-order valence-corrected chi connectivity index (χ3v) is 1.96. The number of carbonyl (C=O) groups excluding carboxylic acids is 1. The van der Waals surface area contributed by atoms with Gasteiger partial charge < -0.3 is 16.2 Å². The molecule has 0 atom stereocenters. The Labute approximate surface area is 95.3 Å². The van der Waals surface area contributed by atoms with Gasteiger partial charge in [-0.15, -0.1) is 0 Å². The van der Waals surface area contributed by atoms with Gasteiger partial charge in [-0.2, -0.15) is 13.2 Å². The molecule has 4 N–H and O–H groups in total. The molecule has 0 aromatic heterocycles. The molecule has 0 aliphatic heterocycles. The van der Waals surface area contributed by atoms with Gasteiger partial charge in [-0.1, -0.05) is 6.07 Å². The fourth-order valence-electron chi connectivity index (χ4n) is 1.20. The zero-order chi connectivity index (χ0) is 13.1. The van der Waals surface area contributed by atoms with Crippen LogP contribution in [0.3, 0.4) is 0 Å². The molecule has 4 nitrogen and oxygen atoms in total. The van der Waals surface area contributed by atoms with E-state index in [2.05, 4.69) is 4.74 Å². The van der Waals surface area contributed by atoms with E-state index >= 15 is 0 Å². The van der Waals surface area contributed by atoms with E-state index in [-0.39, 0.29) is 6.54 Å². The van der Waals surface area contributed by atoms with E-state index in [1.54, 1.807) is 0 Å². The maximum Gasteiger partial charge on any atom is 0.419 e. The zero-order valence-electron chi connectivity index (χ0n) is 8.75. The van der Waals surface area contributed by atoms with Crippen LogP contribution in [0.1, 0.15) is 11.1 Å². The van der Waals surface area contributed by atoms with Crippen LogP contribution in [0.15, 0.2) is 18.2 Å². The zero-order valence-corrected chi connectivity index (χ0v) is 8.75. The van der Waals surface area contributed by atoms with Gasteiger partial charge in [0.25, 0.3) is 5.91 Å². The lowest BCUT2D eigenvalue weighted by atomic mass is 10.1. The van der Waals surface area contributed by atoms with Crippen molar-refractivity contribution in [3.05, 3.63) is 29.3 Å². The minimum absolute atomic E-state index is 0.0147. The summed E-state index contributed by atoms with van der Waals surface area (Å²) in [6.45, 7) is -0.621. The predicted molar refractivity (Wildman–Crippen MR) is 54.0 cm³/mol. The van der Waals surface area contributed by atoms with Crippen molar-refractivity contribution in [2.24, 2.45) is 11.5 Å². The first-order valence-corrected chi connectivity index (χ1v) is 4.66. The Bertz CT molecular complexity index is 419. The topological polar surface area (TPSA) is 78.3 Å². The molecule has 0 saturated heterocycles. The Morgan fingerprint density at radius 2 is 2.00 bits per heavy atom. The van der Waals surface area contributed by atoms with Gasteiger partial charge >= 0.3 is 6.18 Å². The van der Waals surface area contributed by atoms with Gasteiger partial charge in [-0.3, -0.25) is 4.79 Å². The molecule has 0 radical (unpaired) electrons.